The van der Waals surface area contributed by atoms with Gasteiger partial charge in [0.2, 0.25) is 0 Å². The van der Waals surface area contributed by atoms with Crippen LogP contribution in [0.2, 0.25) is 0 Å². The van der Waals surface area contributed by atoms with Crippen LogP contribution < -0.4 is 10.1 Å². The van der Waals surface area contributed by atoms with Gasteiger partial charge in [-0.2, -0.15) is 0 Å². The molecule has 0 saturated heterocycles. The van der Waals surface area contributed by atoms with Crippen LogP contribution in [-0.2, 0) is 9.47 Å². The van der Waals surface area contributed by atoms with Gasteiger partial charge in [-0.15, -0.1) is 11.3 Å². The van der Waals surface area contributed by atoms with E-state index in [-0.39, 0.29) is 28.7 Å². The fourth-order valence-electron chi connectivity index (χ4n) is 4.24. The van der Waals surface area contributed by atoms with Crippen LogP contribution in [0.25, 0.3) is 22.2 Å². The molecular weight excluding hydrogens is 504 g/mol. The highest BCUT2D eigenvalue weighted by molar-refractivity contribution is 7.18. The maximum Gasteiger partial charge on any atom is 0.348 e. The quantitative estimate of drug-likeness (QED) is 0.270. The molecule has 9 heteroatoms. The van der Waals surface area contributed by atoms with E-state index in [4.69, 9.17) is 19.2 Å². The molecule has 2 aromatic carbocycles. The van der Waals surface area contributed by atoms with E-state index in [0.717, 1.165) is 16.9 Å². The Labute approximate surface area is 224 Å². The van der Waals surface area contributed by atoms with E-state index in [9.17, 15) is 14.4 Å². The molecule has 2 heterocycles. The Morgan fingerprint density at radius 3 is 2.18 bits per heavy atom. The van der Waals surface area contributed by atoms with Crippen LogP contribution >= 0.6 is 11.3 Å². The van der Waals surface area contributed by atoms with Crippen molar-refractivity contribution in [3.63, 3.8) is 0 Å². The third-order valence-corrected chi connectivity index (χ3v) is 7.23. The summed E-state index contributed by atoms with van der Waals surface area (Å²) < 4.78 is 15.6. The minimum atomic E-state index is -0.623. The van der Waals surface area contributed by atoms with Crippen molar-refractivity contribution in [2.75, 3.05) is 25.6 Å². The Morgan fingerprint density at radius 2 is 1.53 bits per heavy atom. The number of carbonyl (C=O) groups is 3. The lowest BCUT2D eigenvalue weighted by Crippen LogP contribution is -2.17. The standard InChI is InChI=1S/C29H28N2O6S/c1-6-36-28(33)23-17(4)25(29(34)37-7-2)38-27(23)31-26(32)22-16(3)24(18-12-14-19(35-5)15-13-18)30-21-11-9-8-10-20(21)22/h8-15H,6-7H2,1-5H3,(H,31,32). The monoisotopic (exact) mass is 532 g/mol. The van der Waals surface area contributed by atoms with Gasteiger partial charge in [0.25, 0.3) is 5.91 Å². The number of aromatic nitrogens is 1. The van der Waals surface area contributed by atoms with Crippen LogP contribution in [0, 0.1) is 13.8 Å². The molecule has 1 amide bonds. The van der Waals surface area contributed by atoms with E-state index in [2.05, 4.69) is 5.32 Å². The highest BCUT2D eigenvalue weighted by Gasteiger charge is 2.28. The first kappa shape index (κ1) is 26.8. The zero-order valence-electron chi connectivity index (χ0n) is 21.8. The summed E-state index contributed by atoms with van der Waals surface area (Å²) in [5.74, 6) is -0.907. The fourth-order valence-corrected chi connectivity index (χ4v) is 5.32. The van der Waals surface area contributed by atoms with Crippen molar-refractivity contribution >= 4 is 45.1 Å². The minimum Gasteiger partial charge on any atom is -0.497 e. The number of nitrogens with zero attached hydrogens (tertiary/aromatic N) is 1. The molecular formula is C29H28N2O6S. The summed E-state index contributed by atoms with van der Waals surface area (Å²) in [5.41, 5.74) is 3.75. The van der Waals surface area contributed by atoms with E-state index >= 15 is 0 Å². The molecule has 0 fully saturated rings. The maximum absolute atomic E-state index is 13.9. The number of hydrogen-bond donors (Lipinski definition) is 1. The van der Waals surface area contributed by atoms with Crippen molar-refractivity contribution in [1.29, 1.82) is 0 Å². The number of pyridine rings is 1. The molecule has 4 aromatic rings. The lowest BCUT2D eigenvalue weighted by Gasteiger charge is -2.15. The number of nitrogens with one attached hydrogen (secondary N) is 1. The lowest BCUT2D eigenvalue weighted by atomic mass is 9.97. The van der Waals surface area contributed by atoms with Gasteiger partial charge >= 0.3 is 11.9 Å². The summed E-state index contributed by atoms with van der Waals surface area (Å²) >= 11 is 0.990. The van der Waals surface area contributed by atoms with Crippen LogP contribution in [0.5, 0.6) is 5.75 Å². The average molecular weight is 533 g/mol. The van der Waals surface area contributed by atoms with Crippen LogP contribution in [0.4, 0.5) is 5.00 Å². The number of methoxy groups -OCH3 is 1. The van der Waals surface area contributed by atoms with E-state index in [1.807, 2.05) is 55.5 Å². The molecule has 38 heavy (non-hydrogen) atoms. The molecule has 0 bridgehead atoms. The Morgan fingerprint density at radius 1 is 0.868 bits per heavy atom. The predicted molar refractivity (Wildman–Crippen MR) is 147 cm³/mol. The van der Waals surface area contributed by atoms with Gasteiger partial charge in [-0.05, 0) is 69.2 Å². The molecule has 196 valence electrons. The second kappa shape index (κ2) is 11.4. The zero-order chi connectivity index (χ0) is 27.4. The number of ether oxygens (including phenoxy) is 3. The number of rotatable bonds is 8. The van der Waals surface area contributed by atoms with Gasteiger partial charge in [0.1, 0.15) is 15.6 Å². The Bertz CT molecular complexity index is 1520. The van der Waals surface area contributed by atoms with Crippen molar-refractivity contribution in [2.24, 2.45) is 0 Å². The molecule has 2 aromatic heterocycles. The summed E-state index contributed by atoms with van der Waals surface area (Å²) in [7, 11) is 1.60. The van der Waals surface area contributed by atoms with Gasteiger partial charge in [0.15, 0.2) is 0 Å². The highest BCUT2D eigenvalue weighted by atomic mass is 32.1. The van der Waals surface area contributed by atoms with Crippen molar-refractivity contribution < 1.29 is 28.6 Å². The van der Waals surface area contributed by atoms with E-state index in [1.54, 1.807) is 27.9 Å². The maximum atomic E-state index is 13.9. The van der Waals surface area contributed by atoms with Crippen LogP contribution in [-0.4, -0.2) is 43.2 Å². The molecule has 0 atom stereocenters. The van der Waals surface area contributed by atoms with E-state index in [1.165, 1.54) is 0 Å². The van der Waals surface area contributed by atoms with Crippen LogP contribution in [0.1, 0.15) is 55.4 Å². The molecule has 0 aliphatic heterocycles. The summed E-state index contributed by atoms with van der Waals surface area (Å²) in [4.78, 5) is 44.3. The summed E-state index contributed by atoms with van der Waals surface area (Å²) in [6.45, 7) is 7.20. The van der Waals surface area contributed by atoms with Gasteiger partial charge in [-0.1, -0.05) is 18.2 Å². The molecule has 0 spiro atoms. The molecule has 1 N–H and O–H groups in total. The highest BCUT2D eigenvalue weighted by Crippen LogP contribution is 2.36. The number of para-hydroxylation sites is 1. The number of anilines is 1. The summed E-state index contributed by atoms with van der Waals surface area (Å²) in [5, 5.41) is 3.76. The van der Waals surface area contributed by atoms with Crippen molar-refractivity contribution in [3.05, 3.63) is 75.7 Å². The first-order valence-electron chi connectivity index (χ1n) is 12.1. The summed E-state index contributed by atoms with van der Waals surface area (Å²) in [6.07, 6.45) is 0. The second-order valence-electron chi connectivity index (χ2n) is 8.36. The fraction of sp³-hybridized carbons (Fsp3) is 0.241. The number of fused-ring (bicyclic) bond motifs is 1. The first-order chi connectivity index (χ1) is 18.3. The molecule has 0 unspecified atom stereocenters. The minimum absolute atomic E-state index is 0.139. The number of thiophene rings is 1. The predicted octanol–water partition coefficient (Wildman–Crippen LogP) is 6.19. The topological polar surface area (TPSA) is 104 Å². The van der Waals surface area contributed by atoms with Crippen LogP contribution in [0.3, 0.4) is 0 Å². The molecule has 0 saturated carbocycles. The van der Waals surface area contributed by atoms with E-state index in [0.29, 0.717) is 39.0 Å². The molecule has 0 radical (unpaired) electrons. The number of benzene rings is 2. The molecule has 4 rings (SSSR count). The van der Waals surface area contributed by atoms with Crippen molar-refractivity contribution in [1.82, 2.24) is 4.98 Å². The number of carbonyl (C=O) groups excluding carboxylic acids is 3. The smallest absolute Gasteiger partial charge is 0.348 e. The number of esters is 2. The average Bonchev–Trinajstić information content (AvgIpc) is 3.24. The third kappa shape index (κ3) is 5.10. The largest absolute Gasteiger partial charge is 0.497 e. The Balaban J connectivity index is 1.84. The van der Waals surface area contributed by atoms with Crippen LogP contribution in [0.15, 0.2) is 48.5 Å². The Hall–Kier alpha value is -4.24. The second-order valence-corrected chi connectivity index (χ2v) is 9.38. The summed E-state index contributed by atoms with van der Waals surface area (Å²) in [6, 6.07) is 14.8. The third-order valence-electron chi connectivity index (χ3n) is 6.04. The van der Waals surface area contributed by atoms with E-state index < -0.39 is 17.8 Å². The van der Waals surface area contributed by atoms with Gasteiger partial charge in [0, 0.05) is 10.9 Å². The molecule has 8 nitrogen and oxygen atoms in total. The normalized spacial score (nSPS) is 10.8. The van der Waals surface area contributed by atoms with Gasteiger partial charge in [0.05, 0.1) is 42.7 Å². The SMILES string of the molecule is CCOC(=O)c1sc(NC(=O)c2c(C)c(-c3ccc(OC)cc3)nc3ccccc23)c(C(=O)OCC)c1C. The number of hydrogen-bond acceptors (Lipinski definition) is 8. The zero-order valence-corrected chi connectivity index (χ0v) is 22.7. The molecule has 0 aliphatic rings. The lowest BCUT2D eigenvalue weighted by molar-refractivity contribution is 0.0527. The van der Waals surface area contributed by atoms with Gasteiger partial charge in [-0.25, -0.2) is 14.6 Å². The molecule has 0 aliphatic carbocycles. The Kier molecular flexibility index (Phi) is 8.07. The van der Waals surface area contributed by atoms with Crippen molar-refractivity contribution in [3.8, 4) is 17.0 Å². The van der Waals surface area contributed by atoms with Crippen molar-refractivity contribution in [2.45, 2.75) is 27.7 Å². The van der Waals surface area contributed by atoms with Gasteiger partial charge in [-0.3, -0.25) is 4.79 Å². The first-order valence-corrected chi connectivity index (χ1v) is 12.9. The number of amides is 1. The van der Waals surface area contributed by atoms with Gasteiger partial charge < -0.3 is 19.5 Å².